The fraction of sp³-hybridized carbons (Fsp3) is 0.485. The first-order valence-electron chi connectivity index (χ1n) is 15.8. The zero-order chi connectivity index (χ0) is 31.3. The average molecular weight is 608 g/mol. The zero-order valence-corrected chi connectivity index (χ0v) is 25.0. The van der Waals surface area contributed by atoms with Crippen LogP contribution in [-0.2, 0) is 23.1 Å². The number of nitrogens with zero attached hydrogens (tertiary/aromatic N) is 5. The van der Waals surface area contributed by atoms with Crippen molar-refractivity contribution in [3.63, 3.8) is 0 Å². The number of aromatic nitrogens is 4. The molecular weight excluding hydrogens is 570 g/mol. The molecule has 7 rings (SSSR count). The molecule has 1 aliphatic heterocycles. The van der Waals surface area contributed by atoms with Crippen LogP contribution in [0.15, 0.2) is 36.4 Å². The van der Waals surface area contributed by atoms with Gasteiger partial charge in [0.2, 0.25) is 17.7 Å². The minimum Gasteiger partial charge on any atom is -0.366 e. The van der Waals surface area contributed by atoms with E-state index in [2.05, 4.69) is 32.0 Å². The molecule has 2 aromatic carbocycles. The number of hydrogen-bond acceptors (Lipinski definition) is 8. The highest BCUT2D eigenvalue weighted by Gasteiger charge is 2.54. The summed E-state index contributed by atoms with van der Waals surface area (Å²) in [4.78, 5) is 39.9. The van der Waals surface area contributed by atoms with Gasteiger partial charge in [0.1, 0.15) is 6.04 Å². The summed E-state index contributed by atoms with van der Waals surface area (Å²) in [6.07, 6.45) is 7.71. The Morgan fingerprint density at radius 3 is 2.22 bits per heavy atom. The maximum atomic E-state index is 13.6. The van der Waals surface area contributed by atoms with Crippen molar-refractivity contribution in [3.8, 4) is 6.07 Å². The lowest BCUT2D eigenvalue weighted by molar-refractivity contribution is -0.131. The summed E-state index contributed by atoms with van der Waals surface area (Å²) in [6, 6.07) is 13.1. The lowest BCUT2D eigenvalue weighted by Crippen LogP contribution is -2.49. The van der Waals surface area contributed by atoms with Gasteiger partial charge in [0.05, 0.1) is 18.0 Å². The number of amides is 3. The summed E-state index contributed by atoms with van der Waals surface area (Å²) in [6.45, 7) is 0.133. The van der Waals surface area contributed by atoms with Gasteiger partial charge in [-0.15, -0.1) is 5.10 Å². The van der Waals surface area contributed by atoms with E-state index in [0.29, 0.717) is 48.0 Å². The van der Waals surface area contributed by atoms with E-state index in [1.54, 1.807) is 17.0 Å². The molecule has 6 N–H and O–H groups in total. The Labute approximate surface area is 260 Å². The van der Waals surface area contributed by atoms with Crippen molar-refractivity contribution >= 4 is 17.7 Å². The minimum atomic E-state index is -0.912. The number of piperidine rings is 1. The van der Waals surface area contributed by atoms with E-state index in [-0.39, 0.29) is 30.6 Å². The molecule has 3 aromatic rings. The van der Waals surface area contributed by atoms with E-state index < -0.39 is 17.2 Å². The highest BCUT2D eigenvalue weighted by molar-refractivity contribution is 5.94. The number of carbonyl (C=O) groups excluding carboxylic acids is 3. The second-order valence-electron chi connectivity index (χ2n) is 13.1. The number of likely N-dealkylation sites (tertiary alicyclic amines) is 1. The van der Waals surface area contributed by atoms with Crippen molar-refractivity contribution in [2.45, 2.75) is 81.3 Å². The number of nitrogens with two attached hydrogens (primary N) is 2. The van der Waals surface area contributed by atoms with Gasteiger partial charge in [0, 0.05) is 23.2 Å². The molecule has 3 fully saturated rings. The van der Waals surface area contributed by atoms with Crippen molar-refractivity contribution < 1.29 is 14.4 Å². The van der Waals surface area contributed by atoms with E-state index in [4.69, 9.17) is 11.5 Å². The quantitative estimate of drug-likeness (QED) is 0.283. The van der Waals surface area contributed by atoms with Gasteiger partial charge in [0.25, 0.3) is 0 Å². The van der Waals surface area contributed by atoms with E-state index >= 15 is 0 Å². The molecule has 232 valence electrons. The standard InChI is InChI=1S/C33H37N9O3/c34-16-24-13-23-14-28(23)42(24)29(43)17-37-27(18-3-1-2-4-18)15-33(32-38-40-41-39-32)25-9-7-21(30(35)44)11-19(25)5-6-20-12-22(31(36)45)8-10-26(20)33/h7-12,18,23-24,27-28,37H,1-6,13-15,17H2,(H2,35,44)(H2,36,45)(H,38,39,40,41)/t23-,24?,27+,28+/m1/s1. The summed E-state index contributed by atoms with van der Waals surface area (Å²) in [5, 5.41) is 28.9. The molecule has 4 aliphatic rings. The molecule has 2 heterocycles. The third kappa shape index (κ3) is 5.05. The molecule has 3 aliphatic carbocycles. The van der Waals surface area contributed by atoms with E-state index in [1.807, 2.05) is 24.3 Å². The molecule has 12 nitrogen and oxygen atoms in total. The Morgan fingerprint density at radius 2 is 1.67 bits per heavy atom. The molecule has 0 spiro atoms. The van der Waals surface area contributed by atoms with Crippen molar-refractivity contribution in [3.05, 3.63) is 75.6 Å². The zero-order valence-electron chi connectivity index (χ0n) is 25.0. The Hall–Kier alpha value is -4.63. The molecule has 0 radical (unpaired) electrons. The predicted octanol–water partition coefficient (Wildman–Crippen LogP) is 1.88. The molecule has 1 unspecified atom stereocenters. The smallest absolute Gasteiger partial charge is 0.248 e. The SMILES string of the molecule is N#CC1C[C@@H]2C[C@@H]2N1C(=O)CN[C@@H](CC1(c2nnn[nH]2)c2ccc(C(N)=O)cc2CCc2cc(C(N)=O)ccc21)C1CCCC1. The highest BCUT2D eigenvalue weighted by atomic mass is 16.2. The number of hydrogen-bond donors (Lipinski definition) is 4. The molecule has 1 aromatic heterocycles. The number of tetrazole rings is 1. The first kappa shape index (κ1) is 29.1. The van der Waals surface area contributed by atoms with Crippen LogP contribution in [0, 0.1) is 23.2 Å². The highest BCUT2D eigenvalue weighted by Crippen LogP contribution is 2.49. The van der Waals surface area contributed by atoms with Crippen LogP contribution in [0.1, 0.15) is 93.7 Å². The first-order valence-corrected chi connectivity index (χ1v) is 15.8. The number of nitrogens with one attached hydrogen (secondary N) is 2. The Morgan fingerprint density at radius 1 is 1.02 bits per heavy atom. The van der Waals surface area contributed by atoms with Gasteiger partial charge < -0.3 is 21.7 Å². The lowest BCUT2D eigenvalue weighted by Gasteiger charge is -2.39. The van der Waals surface area contributed by atoms with E-state index in [1.165, 1.54) is 0 Å². The summed E-state index contributed by atoms with van der Waals surface area (Å²) in [5.74, 6) is 0.218. The largest absolute Gasteiger partial charge is 0.366 e. The van der Waals surface area contributed by atoms with Gasteiger partial charge in [-0.05, 0) is 114 Å². The average Bonchev–Trinajstić information content (AvgIpc) is 3.46. The Balaban J connectivity index is 1.34. The van der Waals surface area contributed by atoms with Crippen LogP contribution in [0.3, 0.4) is 0 Å². The van der Waals surface area contributed by atoms with Gasteiger partial charge in [-0.25, -0.2) is 5.10 Å². The third-order valence-corrected chi connectivity index (χ3v) is 10.7. The van der Waals surface area contributed by atoms with Gasteiger partial charge in [-0.1, -0.05) is 25.0 Å². The van der Waals surface area contributed by atoms with Crippen LogP contribution in [-0.4, -0.2) is 67.9 Å². The molecule has 4 atom stereocenters. The fourth-order valence-electron chi connectivity index (χ4n) is 8.40. The fourth-order valence-corrected chi connectivity index (χ4v) is 8.40. The van der Waals surface area contributed by atoms with Crippen molar-refractivity contribution in [1.82, 2.24) is 30.8 Å². The molecule has 1 saturated heterocycles. The van der Waals surface area contributed by atoms with Crippen molar-refractivity contribution in [1.29, 1.82) is 5.26 Å². The van der Waals surface area contributed by atoms with Gasteiger partial charge in [-0.3, -0.25) is 14.4 Å². The van der Waals surface area contributed by atoms with Crippen LogP contribution in [0.5, 0.6) is 0 Å². The molecule has 45 heavy (non-hydrogen) atoms. The van der Waals surface area contributed by atoms with Crippen molar-refractivity contribution in [2.24, 2.45) is 23.3 Å². The van der Waals surface area contributed by atoms with Crippen LogP contribution in [0.25, 0.3) is 0 Å². The number of nitriles is 1. The molecule has 2 saturated carbocycles. The number of rotatable bonds is 9. The van der Waals surface area contributed by atoms with Gasteiger partial charge >= 0.3 is 0 Å². The van der Waals surface area contributed by atoms with Crippen LogP contribution >= 0.6 is 0 Å². The minimum absolute atomic E-state index is 0.0382. The maximum Gasteiger partial charge on any atom is 0.248 e. The number of primary amides is 2. The molecule has 0 bridgehead atoms. The number of H-pyrrole nitrogens is 1. The monoisotopic (exact) mass is 607 g/mol. The molecule has 3 amide bonds. The van der Waals surface area contributed by atoms with Crippen LogP contribution < -0.4 is 16.8 Å². The van der Waals surface area contributed by atoms with Crippen LogP contribution in [0.4, 0.5) is 0 Å². The maximum absolute atomic E-state index is 13.6. The molecule has 12 heteroatoms. The Bertz CT molecular complexity index is 1630. The molecular formula is C33H37N9O3. The van der Waals surface area contributed by atoms with E-state index in [9.17, 15) is 19.6 Å². The number of aryl methyl sites for hydroxylation is 2. The first-order chi connectivity index (χ1) is 21.8. The number of fused-ring (bicyclic) bond motifs is 3. The predicted molar refractivity (Wildman–Crippen MR) is 163 cm³/mol. The van der Waals surface area contributed by atoms with Crippen LogP contribution in [0.2, 0.25) is 0 Å². The number of aromatic amines is 1. The summed E-state index contributed by atoms with van der Waals surface area (Å²) < 4.78 is 0. The summed E-state index contributed by atoms with van der Waals surface area (Å²) >= 11 is 0. The number of carbonyl (C=O) groups is 3. The normalized spacial score (nSPS) is 23.7. The second-order valence-corrected chi connectivity index (χ2v) is 13.1. The third-order valence-electron chi connectivity index (χ3n) is 10.7. The summed E-state index contributed by atoms with van der Waals surface area (Å²) in [5.41, 5.74) is 15.1. The van der Waals surface area contributed by atoms with Gasteiger partial charge in [0.15, 0.2) is 5.82 Å². The van der Waals surface area contributed by atoms with E-state index in [0.717, 1.165) is 60.8 Å². The lowest BCUT2D eigenvalue weighted by atomic mass is 9.66. The second kappa shape index (κ2) is 11.4. The van der Waals surface area contributed by atoms with Crippen molar-refractivity contribution in [2.75, 3.05) is 6.54 Å². The number of benzene rings is 2. The Kier molecular flexibility index (Phi) is 7.36. The van der Waals surface area contributed by atoms with Gasteiger partial charge in [-0.2, -0.15) is 5.26 Å². The topological polar surface area (TPSA) is 197 Å². The summed E-state index contributed by atoms with van der Waals surface area (Å²) in [7, 11) is 0.